The average molecular weight is 400 g/mol. The molecule has 3 heterocycles. The molecule has 0 amide bonds. The number of guanidine groups is 1. The lowest BCUT2D eigenvalue weighted by molar-refractivity contribution is 0.0195. The topological polar surface area (TPSA) is 53.0 Å². The number of ether oxygens (including phenoxy) is 1. The molecule has 0 radical (unpaired) electrons. The summed E-state index contributed by atoms with van der Waals surface area (Å²) in [6.07, 6.45) is 1.19. The number of thiazole rings is 1. The molecule has 1 aromatic heterocycles. The molecule has 1 unspecified atom stereocenters. The third-order valence-corrected chi connectivity index (χ3v) is 6.18. The van der Waals surface area contributed by atoms with Crippen LogP contribution in [0.15, 0.2) is 40.7 Å². The second-order valence-corrected chi connectivity index (χ2v) is 8.14. The largest absolute Gasteiger partial charge is 0.379 e. The normalized spacial score (nSPS) is 21.2. The van der Waals surface area contributed by atoms with Gasteiger partial charge in [-0.3, -0.25) is 4.90 Å². The van der Waals surface area contributed by atoms with E-state index in [1.165, 1.54) is 6.42 Å². The molecule has 7 heteroatoms. The number of morpholine rings is 1. The SMILES string of the molecule is CCNC(=NCc1nc(-c2ccccc2)cs1)N1CCC(N2CCOCC2)C1. The highest BCUT2D eigenvalue weighted by atomic mass is 32.1. The van der Waals surface area contributed by atoms with Gasteiger partial charge in [0.25, 0.3) is 0 Å². The van der Waals surface area contributed by atoms with Gasteiger partial charge in [-0.05, 0) is 13.3 Å². The van der Waals surface area contributed by atoms with Crippen LogP contribution in [0, 0.1) is 0 Å². The van der Waals surface area contributed by atoms with Gasteiger partial charge < -0.3 is 15.0 Å². The zero-order chi connectivity index (χ0) is 19.2. The van der Waals surface area contributed by atoms with E-state index < -0.39 is 0 Å². The summed E-state index contributed by atoms with van der Waals surface area (Å²) in [7, 11) is 0. The molecule has 2 aliphatic rings. The van der Waals surface area contributed by atoms with Gasteiger partial charge in [-0.2, -0.15) is 0 Å². The third-order valence-electron chi connectivity index (χ3n) is 5.35. The minimum absolute atomic E-state index is 0.609. The zero-order valence-corrected chi connectivity index (χ0v) is 17.3. The molecule has 0 aliphatic carbocycles. The fraction of sp³-hybridized carbons (Fsp3) is 0.524. The molecular formula is C21H29N5OS. The summed E-state index contributed by atoms with van der Waals surface area (Å²) in [5, 5.41) is 6.64. The molecule has 4 rings (SSSR count). The first-order chi connectivity index (χ1) is 13.8. The van der Waals surface area contributed by atoms with Crippen molar-refractivity contribution >= 4 is 17.3 Å². The minimum atomic E-state index is 0.609. The maximum atomic E-state index is 5.50. The fourth-order valence-electron chi connectivity index (χ4n) is 3.87. The second-order valence-electron chi connectivity index (χ2n) is 7.20. The summed E-state index contributed by atoms with van der Waals surface area (Å²) < 4.78 is 5.50. The van der Waals surface area contributed by atoms with Crippen LogP contribution in [0.25, 0.3) is 11.3 Å². The summed E-state index contributed by atoms with van der Waals surface area (Å²) in [4.78, 5) is 14.6. The summed E-state index contributed by atoms with van der Waals surface area (Å²) in [5.41, 5.74) is 2.20. The summed E-state index contributed by atoms with van der Waals surface area (Å²) in [6.45, 7) is 9.54. The molecule has 0 bridgehead atoms. The van der Waals surface area contributed by atoms with Crippen molar-refractivity contribution in [3.05, 3.63) is 40.7 Å². The first kappa shape index (κ1) is 19.4. The smallest absolute Gasteiger partial charge is 0.194 e. The van der Waals surface area contributed by atoms with Crippen LogP contribution in [0.4, 0.5) is 0 Å². The number of benzene rings is 1. The van der Waals surface area contributed by atoms with Gasteiger partial charge >= 0.3 is 0 Å². The van der Waals surface area contributed by atoms with Crippen molar-refractivity contribution in [3.63, 3.8) is 0 Å². The molecule has 28 heavy (non-hydrogen) atoms. The highest BCUT2D eigenvalue weighted by Gasteiger charge is 2.30. The fourth-order valence-corrected chi connectivity index (χ4v) is 4.59. The predicted octanol–water partition coefficient (Wildman–Crippen LogP) is 2.68. The molecule has 2 aromatic rings. The van der Waals surface area contributed by atoms with Crippen LogP contribution < -0.4 is 5.32 Å². The van der Waals surface area contributed by atoms with Crippen LogP contribution in [0.1, 0.15) is 18.4 Å². The van der Waals surface area contributed by atoms with Crippen molar-refractivity contribution in [2.45, 2.75) is 25.9 Å². The molecular weight excluding hydrogens is 370 g/mol. The molecule has 2 saturated heterocycles. The van der Waals surface area contributed by atoms with Crippen molar-refractivity contribution < 1.29 is 4.74 Å². The number of aliphatic imine (C=N–C) groups is 1. The first-order valence-corrected chi connectivity index (χ1v) is 11.1. The molecule has 1 atom stereocenters. The molecule has 150 valence electrons. The molecule has 2 fully saturated rings. The molecule has 6 nitrogen and oxygen atoms in total. The summed E-state index contributed by atoms with van der Waals surface area (Å²) >= 11 is 1.68. The lowest BCUT2D eigenvalue weighted by Gasteiger charge is -2.32. The number of nitrogens with zero attached hydrogens (tertiary/aromatic N) is 4. The van der Waals surface area contributed by atoms with Gasteiger partial charge in [0.05, 0.1) is 25.5 Å². The maximum absolute atomic E-state index is 5.50. The van der Waals surface area contributed by atoms with E-state index in [1.807, 2.05) is 18.2 Å². The van der Waals surface area contributed by atoms with Crippen molar-refractivity contribution in [2.75, 3.05) is 45.9 Å². The van der Waals surface area contributed by atoms with E-state index in [9.17, 15) is 0 Å². The monoisotopic (exact) mass is 399 g/mol. The Balaban J connectivity index is 1.39. The Kier molecular flexibility index (Phi) is 6.57. The van der Waals surface area contributed by atoms with Gasteiger partial charge in [0.15, 0.2) is 5.96 Å². The van der Waals surface area contributed by atoms with E-state index in [4.69, 9.17) is 14.7 Å². The highest BCUT2D eigenvalue weighted by Crippen LogP contribution is 2.22. The number of hydrogen-bond acceptors (Lipinski definition) is 5. The Hall–Kier alpha value is -1.96. The summed E-state index contributed by atoms with van der Waals surface area (Å²) in [5.74, 6) is 1.01. The standard InChI is InChI=1S/C21H29N5OS/c1-2-22-21(26-9-8-18(15-26)25-10-12-27-13-11-25)23-14-20-24-19(16-28-20)17-6-4-3-5-7-17/h3-7,16,18H,2,8-15H2,1H3,(H,22,23). The molecule has 1 aromatic carbocycles. The number of likely N-dealkylation sites (tertiary alicyclic amines) is 1. The van der Waals surface area contributed by atoms with Gasteiger partial charge in [-0.15, -0.1) is 11.3 Å². The van der Waals surface area contributed by atoms with Crippen LogP contribution in [0.5, 0.6) is 0 Å². The number of nitrogens with one attached hydrogen (secondary N) is 1. The van der Waals surface area contributed by atoms with Crippen molar-refractivity contribution in [3.8, 4) is 11.3 Å². The quantitative estimate of drug-likeness (QED) is 0.619. The van der Waals surface area contributed by atoms with Crippen LogP contribution >= 0.6 is 11.3 Å². The minimum Gasteiger partial charge on any atom is -0.379 e. The number of aromatic nitrogens is 1. The number of hydrogen-bond donors (Lipinski definition) is 1. The lowest BCUT2D eigenvalue weighted by Crippen LogP contribution is -2.46. The third kappa shape index (κ3) is 4.71. The van der Waals surface area contributed by atoms with E-state index in [2.05, 4.69) is 39.6 Å². The van der Waals surface area contributed by atoms with Crippen LogP contribution in [-0.2, 0) is 11.3 Å². The highest BCUT2D eigenvalue weighted by molar-refractivity contribution is 7.09. The van der Waals surface area contributed by atoms with Crippen molar-refractivity contribution in [2.24, 2.45) is 4.99 Å². The molecule has 1 N–H and O–H groups in total. The Morgan fingerprint density at radius 2 is 2.07 bits per heavy atom. The Labute approximate surface area is 171 Å². The first-order valence-electron chi connectivity index (χ1n) is 10.2. The van der Waals surface area contributed by atoms with E-state index in [0.717, 1.165) is 68.2 Å². The molecule has 2 aliphatic heterocycles. The second kappa shape index (κ2) is 9.49. The van der Waals surface area contributed by atoms with Gasteiger partial charge in [0.2, 0.25) is 0 Å². The Morgan fingerprint density at radius 3 is 2.86 bits per heavy atom. The van der Waals surface area contributed by atoms with Gasteiger partial charge in [-0.1, -0.05) is 30.3 Å². The predicted molar refractivity (Wildman–Crippen MR) is 115 cm³/mol. The van der Waals surface area contributed by atoms with Crippen molar-refractivity contribution in [1.29, 1.82) is 0 Å². The van der Waals surface area contributed by atoms with E-state index in [0.29, 0.717) is 12.6 Å². The molecule has 0 saturated carbocycles. The Morgan fingerprint density at radius 1 is 1.25 bits per heavy atom. The van der Waals surface area contributed by atoms with Gasteiger partial charge in [-0.25, -0.2) is 9.98 Å². The summed E-state index contributed by atoms with van der Waals surface area (Å²) in [6, 6.07) is 10.9. The van der Waals surface area contributed by atoms with Gasteiger partial charge in [0, 0.05) is 49.7 Å². The average Bonchev–Trinajstić information content (AvgIpc) is 3.43. The molecule has 0 spiro atoms. The Bertz CT molecular complexity index is 772. The van der Waals surface area contributed by atoms with E-state index in [-0.39, 0.29) is 0 Å². The van der Waals surface area contributed by atoms with E-state index >= 15 is 0 Å². The van der Waals surface area contributed by atoms with Crippen LogP contribution in [0.3, 0.4) is 0 Å². The van der Waals surface area contributed by atoms with Crippen molar-refractivity contribution in [1.82, 2.24) is 20.1 Å². The lowest BCUT2D eigenvalue weighted by atomic mass is 10.2. The van der Waals surface area contributed by atoms with Gasteiger partial charge in [0.1, 0.15) is 5.01 Å². The van der Waals surface area contributed by atoms with E-state index in [1.54, 1.807) is 11.3 Å². The number of rotatable bonds is 5. The zero-order valence-electron chi connectivity index (χ0n) is 16.5. The maximum Gasteiger partial charge on any atom is 0.194 e. The van der Waals surface area contributed by atoms with Crippen LogP contribution in [0.2, 0.25) is 0 Å². The van der Waals surface area contributed by atoms with Crippen LogP contribution in [-0.4, -0.2) is 72.7 Å².